The lowest BCUT2D eigenvalue weighted by molar-refractivity contribution is 0.0694. The molecule has 1 aromatic rings. The Bertz CT molecular complexity index is 585. The third-order valence-corrected chi connectivity index (χ3v) is 4.08. The van der Waals surface area contributed by atoms with Crippen LogP contribution in [0, 0.1) is 5.92 Å². The zero-order chi connectivity index (χ0) is 13.2. The molecule has 1 heterocycles. The van der Waals surface area contributed by atoms with Gasteiger partial charge >= 0.3 is 5.97 Å². The fourth-order valence-electron chi connectivity index (χ4n) is 1.34. The molecule has 1 aromatic heterocycles. The summed E-state index contributed by atoms with van der Waals surface area (Å²) in [5.74, 6) is -1.63. The number of aromatic amines is 1. The van der Waals surface area contributed by atoms with E-state index in [1.165, 1.54) is 0 Å². The number of rotatable bonds is 4. The summed E-state index contributed by atoms with van der Waals surface area (Å²) in [5, 5.41) is 8.72. The van der Waals surface area contributed by atoms with Crippen LogP contribution in [0.5, 0.6) is 0 Å². The van der Waals surface area contributed by atoms with Crippen molar-refractivity contribution in [2.24, 2.45) is 5.92 Å². The Labute approximate surface area is 98.2 Å². The molecule has 0 saturated heterocycles. The molecular weight excluding hydrogens is 246 g/mol. The van der Waals surface area contributed by atoms with E-state index in [1.807, 2.05) is 0 Å². The summed E-state index contributed by atoms with van der Waals surface area (Å²) in [5.41, 5.74) is -1.39. The van der Waals surface area contributed by atoms with E-state index in [0.717, 1.165) is 12.3 Å². The second-order valence-corrected chi connectivity index (χ2v) is 6.09. The average molecular weight is 259 g/mol. The van der Waals surface area contributed by atoms with E-state index in [4.69, 9.17) is 5.11 Å². The van der Waals surface area contributed by atoms with Crippen molar-refractivity contribution >= 4 is 15.8 Å². The first-order valence-corrected chi connectivity index (χ1v) is 6.58. The lowest BCUT2D eigenvalue weighted by Gasteiger charge is -2.07. The molecule has 0 aliphatic heterocycles. The number of hydrogen-bond acceptors (Lipinski definition) is 4. The van der Waals surface area contributed by atoms with Crippen molar-refractivity contribution in [3.05, 3.63) is 28.2 Å². The molecule has 1 rings (SSSR count). The molecule has 7 heteroatoms. The van der Waals surface area contributed by atoms with Gasteiger partial charge in [0.1, 0.15) is 5.56 Å². The maximum Gasteiger partial charge on any atom is 0.341 e. The summed E-state index contributed by atoms with van der Waals surface area (Å²) in [6.07, 6.45) is 1.02. The molecule has 0 fully saturated rings. The monoisotopic (exact) mass is 259 g/mol. The van der Waals surface area contributed by atoms with E-state index in [-0.39, 0.29) is 16.6 Å². The van der Waals surface area contributed by atoms with Crippen molar-refractivity contribution in [2.45, 2.75) is 18.7 Å². The summed E-state index contributed by atoms with van der Waals surface area (Å²) >= 11 is 0. The smallest absolute Gasteiger partial charge is 0.341 e. The number of sulfone groups is 1. The molecule has 0 aliphatic rings. The number of carbonyl (C=O) groups is 1. The number of carboxylic acids is 1. The fraction of sp³-hybridized carbons (Fsp3) is 0.400. The van der Waals surface area contributed by atoms with Crippen LogP contribution in [0.3, 0.4) is 0 Å². The fourth-order valence-corrected chi connectivity index (χ4v) is 2.94. The second-order valence-electron chi connectivity index (χ2n) is 4.06. The van der Waals surface area contributed by atoms with Gasteiger partial charge < -0.3 is 10.1 Å². The minimum absolute atomic E-state index is 0.0831. The largest absolute Gasteiger partial charge is 0.477 e. The Morgan fingerprint density at radius 3 is 2.53 bits per heavy atom. The number of pyridine rings is 1. The van der Waals surface area contributed by atoms with Gasteiger partial charge in [0.2, 0.25) is 0 Å². The van der Waals surface area contributed by atoms with Gasteiger partial charge in [0.05, 0.1) is 10.6 Å². The van der Waals surface area contributed by atoms with Crippen molar-refractivity contribution in [2.75, 3.05) is 5.75 Å². The Kier molecular flexibility index (Phi) is 3.72. The first-order chi connectivity index (χ1) is 7.74. The summed E-state index contributed by atoms with van der Waals surface area (Å²) in [7, 11) is -3.57. The number of aromatic carboxylic acids is 1. The summed E-state index contributed by atoms with van der Waals surface area (Å²) < 4.78 is 23.6. The van der Waals surface area contributed by atoms with Crippen molar-refractivity contribution in [3.63, 3.8) is 0 Å². The maximum atomic E-state index is 11.8. The highest BCUT2D eigenvalue weighted by molar-refractivity contribution is 7.91. The van der Waals surface area contributed by atoms with Crippen LogP contribution in [0.15, 0.2) is 22.0 Å². The van der Waals surface area contributed by atoms with Crippen LogP contribution < -0.4 is 5.56 Å². The van der Waals surface area contributed by atoms with Crippen LogP contribution in [0.1, 0.15) is 24.2 Å². The number of H-pyrrole nitrogens is 1. The van der Waals surface area contributed by atoms with E-state index in [1.54, 1.807) is 13.8 Å². The summed E-state index contributed by atoms with van der Waals surface area (Å²) in [6, 6.07) is 0.888. The standard InChI is InChI=1S/C10H13NO5S/c1-6(2)5-17(15,16)7-3-8(10(13)14)9(12)11-4-7/h3-4,6H,5H2,1-2H3,(H,11,12)(H,13,14). The predicted octanol–water partition coefficient (Wildman–Crippen LogP) is 0.503. The second kappa shape index (κ2) is 4.70. The first-order valence-electron chi connectivity index (χ1n) is 4.93. The van der Waals surface area contributed by atoms with Gasteiger partial charge in [0.15, 0.2) is 9.84 Å². The van der Waals surface area contributed by atoms with E-state index in [2.05, 4.69) is 4.98 Å². The zero-order valence-electron chi connectivity index (χ0n) is 9.43. The van der Waals surface area contributed by atoms with E-state index >= 15 is 0 Å². The Morgan fingerprint density at radius 2 is 2.06 bits per heavy atom. The van der Waals surface area contributed by atoms with Gasteiger partial charge in [0, 0.05) is 6.20 Å². The van der Waals surface area contributed by atoms with Crippen LogP contribution in [0.2, 0.25) is 0 Å². The molecule has 0 unspecified atom stereocenters. The van der Waals surface area contributed by atoms with Crippen molar-refractivity contribution < 1.29 is 18.3 Å². The molecule has 94 valence electrons. The average Bonchev–Trinajstić information content (AvgIpc) is 2.15. The minimum atomic E-state index is -3.57. The van der Waals surface area contributed by atoms with E-state index < -0.39 is 26.9 Å². The van der Waals surface area contributed by atoms with Crippen molar-refractivity contribution in [1.29, 1.82) is 0 Å². The predicted molar refractivity (Wildman–Crippen MR) is 60.9 cm³/mol. The number of hydrogen-bond donors (Lipinski definition) is 2. The highest BCUT2D eigenvalue weighted by Crippen LogP contribution is 2.13. The SMILES string of the molecule is CC(C)CS(=O)(=O)c1c[nH]c(=O)c(C(=O)O)c1. The lowest BCUT2D eigenvalue weighted by Crippen LogP contribution is -2.20. The minimum Gasteiger partial charge on any atom is -0.477 e. The molecule has 0 atom stereocenters. The van der Waals surface area contributed by atoms with Crippen LogP contribution in [0.4, 0.5) is 0 Å². The molecule has 6 nitrogen and oxygen atoms in total. The van der Waals surface area contributed by atoms with Crippen molar-refractivity contribution in [1.82, 2.24) is 4.98 Å². The molecule has 0 radical (unpaired) electrons. The lowest BCUT2D eigenvalue weighted by atomic mass is 10.3. The highest BCUT2D eigenvalue weighted by atomic mass is 32.2. The quantitative estimate of drug-likeness (QED) is 0.819. The Hall–Kier alpha value is -1.63. The number of aromatic nitrogens is 1. The van der Waals surface area contributed by atoms with Gasteiger partial charge in [-0.25, -0.2) is 13.2 Å². The molecule has 0 spiro atoms. The van der Waals surface area contributed by atoms with Crippen LogP contribution in [0.25, 0.3) is 0 Å². The molecular formula is C10H13NO5S. The van der Waals surface area contributed by atoms with Crippen LogP contribution in [-0.2, 0) is 9.84 Å². The molecule has 0 aliphatic carbocycles. The summed E-state index contributed by atoms with van der Waals surface area (Å²) in [6.45, 7) is 3.47. The van der Waals surface area contributed by atoms with Gasteiger partial charge in [-0.15, -0.1) is 0 Å². The van der Waals surface area contributed by atoms with Gasteiger partial charge in [-0.2, -0.15) is 0 Å². The Balaban J connectivity index is 3.30. The third kappa shape index (κ3) is 3.16. The van der Waals surface area contributed by atoms with Crippen LogP contribution >= 0.6 is 0 Å². The number of nitrogens with one attached hydrogen (secondary N) is 1. The molecule has 0 aromatic carbocycles. The maximum absolute atomic E-state index is 11.8. The topological polar surface area (TPSA) is 104 Å². The van der Waals surface area contributed by atoms with E-state index in [0.29, 0.717) is 0 Å². The van der Waals surface area contributed by atoms with Crippen molar-refractivity contribution in [3.8, 4) is 0 Å². The third-order valence-electron chi connectivity index (χ3n) is 2.02. The number of carboxylic acid groups (broad SMARTS) is 1. The van der Waals surface area contributed by atoms with Crippen LogP contribution in [-0.4, -0.2) is 30.2 Å². The molecule has 0 bridgehead atoms. The summed E-state index contributed by atoms with van der Waals surface area (Å²) in [4.78, 5) is 23.8. The van der Waals surface area contributed by atoms with Gasteiger partial charge in [0.25, 0.3) is 5.56 Å². The molecule has 2 N–H and O–H groups in total. The normalized spacial score (nSPS) is 11.7. The highest BCUT2D eigenvalue weighted by Gasteiger charge is 2.19. The molecule has 0 saturated carbocycles. The van der Waals surface area contributed by atoms with Gasteiger partial charge in [-0.05, 0) is 12.0 Å². The van der Waals surface area contributed by atoms with E-state index in [9.17, 15) is 18.0 Å². The Morgan fingerprint density at radius 1 is 1.47 bits per heavy atom. The first kappa shape index (κ1) is 13.4. The molecule has 17 heavy (non-hydrogen) atoms. The molecule has 0 amide bonds. The van der Waals surface area contributed by atoms with Gasteiger partial charge in [-0.3, -0.25) is 4.79 Å². The van der Waals surface area contributed by atoms with Gasteiger partial charge in [-0.1, -0.05) is 13.8 Å². The zero-order valence-corrected chi connectivity index (χ0v) is 10.2.